The molecule has 1 rings (SSSR count). The number of rotatable bonds is 1. The molecule has 0 unspecified atom stereocenters. The molecule has 2 N–H and O–H groups in total. The molecule has 0 aliphatic rings. The minimum atomic E-state index is -4.52. The quantitative estimate of drug-likeness (QED) is 0.347. The molecular weight excluding hydrogens is 241 g/mol. The minimum Gasteiger partial charge on any atom is -0.744 e. The second-order valence-electron chi connectivity index (χ2n) is 2.11. The van der Waals surface area contributed by atoms with E-state index in [0.29, 0.717) is 0 Å². The van der Waals surface area contributed by atoms with Crippen LogP contribution in [0.1, 0.15) is 0 Å². The molecule has 0 bridgehead atoms. The first-order chi connectivity index (χ1) is 5.43. The number of anilines is 1. The zero-order chi connectivity index (χ0) is 9.35. The molecule has 0 aliphatic carbocycles. The predicted octanol–water partition coefficient (Wildman–Crippen LogP) is -2.17. The van der Waals surface area contributed by atoms with Crippen molar-refractivity contribution in [2.75, 3.05) is 5.73 Å². The van der Waals surface area contributed by atoms with Gasteiger partial charge in [-0.3, -0.25) is 0 Å². The van der Waals surface area contributed by atoms with Crippen LogP contribution in [0.3, 0.4) is 0 Å². The van der Waals surface area contributed by atoms with E-state index in [1.54, 1.807) is 0 Å². The Morgan fingerprint density at radius 2 is 1.92 bits per heavy atom. The second-order valence-corrected chi connectivity index (χ2v) is 3.84. The van der Waals surface area contributed by atoms with Crippen molar-refractivity contribution in [3.63, 3.8) is 0 Å². The van der Waals surface area contributed by atoms with Crippen molar-refractivity contribution >= 4 is 27.4 Å². The van der Waals surface area contributed by atoms with Crippen molar-refractivity contribution in [3.8, 4) is 0 Å². The van der Waals surface area contributed by atoms with Gasteiger partial charge in [-0.2, -0.15) is 0 Å². The molecule has 0 saturated heterocycles. The van der Waals surface area contributed by atoms with Crippen molar-refractivity contribution in [1.29, 1.82) is 0 Å². The topological polar surface area (TPSA) is 83.2 Å². The first kappa shape index (κ1) is 13.9. The maximum absolute atomic E-state index is 10.5. The van der Waals surface area contributed by atoms with Crippen molar-refractivity contribution in [2.24, 2.45) is 0 Å². The van der Waals surface area contributed by atoms with Gasteiger partial charge in [0.05, 0.1) is 15.6 Å². The van der Waals surface area contributed by atoms with Crippen LogP contribution in [-0.4, -0.2) is 13.0 Å². The number of benzene rings is 1. The Morgan fingerprint density at radius 3 is 2.31 bits per heavy atom. The van der Waals surface area contributed by atoms with Crippen molar-refractivity contribution in [1.82, 2.24) is 0 Å². The summed E-state index contributed by atoms with van der Waals surface area (Å²) in [5, 5.41) is -0.215. The molecule has 0 amide bonds. The van der Waals surface area contributed by atoms with Gasteiger partial charge in [-0.25, -0.2) is 8.42 Å². The number of nitrogens with two attached hydrogens (primary N) is 1. The average Bonchev–Trinajstić information content (AvgIpc) is 1.92. The van der Waals surface area contributed by atoms with Gasteiger partial charge in [0.1, 0.15) is 10.1 Å². The number of nitrogen functional groups attached to an aromatic ring is 1. The molecule has 0 atom stereocenters. The van der Waals surface area contributed by atoms with Gasteiger partial charge in [0.25, 0.3) is 0 Å². The molecule has 13 heavy (non-hydrogen) atoms. The Balaban J connectivity index is 0.00000144. The summed E-state index contributed by atoms with van der Waals surface area (Å²) in [6.45, 7) is 0. The minimum absolute atomic E-state index is 0. The summed E-state index contributed by atoms with van der Waals surface area (Å²) in [4.78, 5) is -0.482. The standard InChI is InChI=1S/C6H6ClNO3S.K/c7-6-4(8)2-1-3-5(6)12(9,10)11;/h1-3H,8H2,(H,9,10,11);/q;+1/p-1. The summed E-state index contributed by atoms with van der Waals surface area (Å²) in [5.41, 5.74) is 5.36. The van der Waals surface area contributed by atoms with Gasteiger partial charge in [-0.15, -0.1) is 0 Å². The van der Waals surface area contributed by atoms with Crippen LogP contribution in [0.5, 0.6) is 0 Å². The molecule has 66 valence electrons. The fourth-order valence-electron chi connectivity index (χ4n) is 0.721. The summed E-state index contributed by atoms with van der Waals surface area (Å²) in [6.07, 6.45) is 0. The molecule has 0 fully saturated rings. The van der Waals surface area contributed by atoms with E-state index in [2.05, 4.69) is 0 Å². The van der Waals surface area contributed by atoms with Crippen molar-refractivity contribution in [2.45, 2.75) is 4.90 Å². The number of hydrogen-bond donors (Lipinski definition) is 1. The van der Waals surface area contributed by atoms with Gasteiger partial charge in [0, 0.05) is 0 Å². The predicted molar refractivity (Wildman–Crippen MR) is 43.8 cm³/mol. The SMILES string of the molecule is Nc1cccc(S(=O)(=O)[O-])c1Cl.[K+]. The second kappa shape index (κ2) is 5.08. The Hall–Kier alpha value is 0.856. The van der Waals surface area contributed by atoms with Gasteiger partial charge >= 0.3 is 51.4 Å². The molecular formula is C6H5ClKNO3S. The van der Waals surface area contributed by atoms with Crippen LogP contribution in [0.2, 0.25) is 5.02 Å². The van der Waals surface area contributed by atoms with Gasteiger partial charge in [0.15, 0.2) is 0 Å². The number of hydrogen-bond acceptors (Lipinski definition) is 4. The molecule has 0 aliphatic heterocycles. The third-order valence-corrected chi connectivity index (χ3v) is 2.68. The third-order valence-electron chi connectivity index (χ3n) is 1.26. The van der Waals surface area contributed by atoms with Gasteiger partial charge < -0.3 is 10.3 Å². The molecule has 7 heteroatoms. The van der Waals surface area contributed by atoms with E-state index in [1.807, 2.05) is 0 Å². The summed E-state index contributed by atoms with van der Waals surface area (Å²) in [7, 11) is -4.52. The summed E-state index contributed by atoms with van der Waals surface area (Å²) >= 11 is 5.47. The fourth-order valence-corrected chi connectivity index (χ4v) is 1.71. The maximum Gasteiger partial charge on any atom is 1.00 e. The molecule has 0 aromatic heterocycles. The van der Waals surface area contributed by atoms with Gasteiger partial charge in [-0.05, 0) is 12.1 Å². The number of halogens is 1. The normalized spacial score (nSPS) is 10.6. The Bertz CT molecular complexity index is 406. The van der Waals surface area contributed by atoms with E-state index in [1.165, 1.54) is 12.1 Å². The van der Waals surface area contributed by atoms with Crippen LogP contribution in [0.15, 0.2) is 23.1 Å². The van der Waals surface area contributed by atoms with Crippen molar-refractivity contribution < 1.29 is 64.4 Å². The summed E-state index contributed by atoms with van der Waals surface area (Å²) in [6, 6.07) is 3.88. The third kappa shape index (κ3) is 3.48. The monoisotopic (exact) mass is 245 g/mol. The van der Waals surface area contributed by atoms with Crippen LogP contribution in [0, 0.1) is 0 Å². The molecule has 0 saturated carbocycles. The molecule has 0 heterocycles. The van der Waals surface area contributed by atoms with Crippen molar-refractivity contribution in [3.05, 3.63) is 23.2 Å². The van der Waals surface area contributed by atoms with E-state index >= 15 is 0 Å². The zero-order valence-electron chi connectivity index (χ0n) is 6.82. The van der Waals surface area contributed by atoms with Crippen LogP contribution < -0.4 is 57.1 Å². The Morgan fingerprint density at radius 1 is 1.38 bits per heavy atom. The largest absolute Gasteiger partial charge is 1.00 e. The molecule has 0 radical (unpaired) electrons. The van der Waals surface area contributed by atoms with E-state index < -0.39 is 15.0 Å². The zero-order valence-corrected chi connectivity index (χ0v) is 11.5. The van der Waals surface area contributed by atoms with E-state index in [9.17, 15) is 13.0 Å². The van der Waals surface area contributed by atoms with E-state index in [0.717, 1.165) is 6.07 Å². The Kier molecular flexibility index (Phi) is 5.42. The first-order valence-corrected chi connectivity index (χ1v) is 4.71. The molecule has 1 aromatic carbocycles. The van der Waals surface area contributed by atoms with E-state index in [4.69, 9.17) is 17.3 Å². The molecule has 1 aromatic rings. The van der Waals surface area contributed by atoms with E-state index in [-0.39, 0.29) is 62.1 Å². The molecule has 0 spiro atoms. The maximum atomic E-state index is 10.5. The summed E-state index contributed by atoms with van der Waals surface area (Å²) < 4.78 is 31.5. The smallest absolute Gasteiger partial charge is 0.744 e. The first-order valence-electron chi connectivity index (χ1n) is 2.93. The van der Waals surface area contributed by atoms with Crippen LogP contribution in [-0.2, 0) is 10.1 Å². The molecule has 4 nitrogen and oxygen atoms in total. The van der Waals surface area contributed by atoms with Gasteiger partial charge in [-0.1, -0.05) is 17.7 Å². The fraction of sp³-hybridized carbons (Fsp3) is 0. The average molecular weight is 246 g/mol. The van der Waals surface area contributed by atoms with Gasteiger partial charge in [0.2, 0.25) is 0 Å². The Labute approximate surface area is 124 Å². The van der Waals surface area contributed by atoms with Crippen LogP contribution in [0.4, 0.5) is 5.69 Å². The van der Waals surface area contributed by atoms with Crippen LogP contribution in [0.25, 0.3) is 0 Å². The van der Waals surface area contributed by atoms with Crippen LogP contribution >= 0.6 is 11.6 Å². The summed E-state index contributed by atoms with van der Waals surface area (Å²) in [5.74, 6) is 0.